The largest absolute Gasteiger partial charge is 0.462 e. The Kier molecular flexibility index (Phi) is 6.82. The van der Waals surface area contributed by atoms with E-state index in [1.165, 1.54) is 6.08 Å². The molecule has 0 aliphatic carbocycles. The number of carbonyl (C=O) groups excluding carboxylic acids is 3. The van der Waals surface area contributed by atoms with Gasteiger partial charge in [-0.3, -0.25) is 9.59 Å². The van der Waals surface area contributed by atoms with Crippen molar-refractivity contribution in [1.82, 2.24) is 9.47 Å². The van der Waals surface area contributed by atoms with Crippen molar-refractivity contribution in [3.63, 3.8) is 0 Å². The van der Waals surface area contributed by atoms with Gasteiger partial charge in [-0.25, -0.2) is 4.79 Å². The molecule has 2 heterocycles. The van der Waals surface area contributed by atoms with Crippen molar-refractivity contribution in [3.05, 3.63) is 28.6 Å². The first-order valence-corrected chi connectivity index (χ1v) is 9.44. The van der Waals surface area contributed by atoms with Crippen molar-refractivity contribution in [1.29, 1.82) is 0 Å². The lowest BCUT2D eigenvalue weighted by Crippen LogP contribution is -2.41. The molecule has 1 aliphatic rings. The van der Waals surface area contributed by atoms with Crippen molar-refractivity contribution in [3.8, 4) is 0 Å². The first-order valence-electron chi connectivity index (χ1n) is 9.44. The first kappa shape index (κ1) is 20.7. The van der Waals surface area contributed by atoms with Crippen LogP contribution in [0.3, 0.4) is 0 Å². The molecule has 148 valence electrons. The van der Waals surface area contributed by atoms with Gasteiger partial charge in [0.15, 0.2) is 0 Å². The Morgan fingerprint density at radius 3 is 2.30 bits per heavy atom. The van der Waals surface area contributed by atoms with E-state index in [4.69, 9.17) is 10.5 Å². The molecule has 0 radical (unpaired) electrons. The lowest BCUT2D eigenvalue weighted by Gasteiger charge is -2.29. The summed E-state index contributed by atoms with van der Waals surface area (Å²) in [5.74, 6) is -0.964. The highest BCUT2D eigenvalue weighted by Crippen LogP contribution is 2.25. The highest BCUT2D eigenvalue weighted by Gasteiger charge is 2.26. The normalized spacial score (nSPS) is 15.3. The second-order valence-electron chi connectivity index (χ2n) is 6.76. The van der Waals surface area contributed by atoms with Crippen LogP contribution in [0.2, 0.25) is 0 Å². The van der Waals surface area contributed by atoms with Crippen LogP contribution in [-0.4, -0.2) is 46.9 Å². The van der Waals surface area contributed by atoms with E-state index >= 15 is 0 Å². The maximum atomic E-state index is 12.5. The molecule has 2 N–H and O–H groups in total. The quantitative estimate of drug-likeness (QED) is 0.608. The van der Waals surface area contributed by atoms with Crippen molar-refractivity contribution in [2.45, 2.75) is 47.1 Å². The van der Waals surface area contributed by atoms with Gasteiger partial charge >= 0.3 is 5.97 Å². The van der Waals surface area contributed by atoms with Crippen LogP contribution >= 0.6 is 0 Å². The van der Waals surface area contributed by atoms with Gasteiger partial charge in [0.25, 0.3) is 0 Å². The second kappa shape index (κ2) is 8.88. The number of esters is 1. The number of likely N-dealkylation sites (tertiary alicyclic amines) is 1. The Morgan fingerprint density at radius 2 is 1.78 bits per heavy atom. The van der Waals surface area contributed by atoms with E-state index in [0.717, 1.165) is 17.9 Å². The fraction of sp³-hybridized carbons (Fsp3) is 0.550. The zero-order valence-corrected chi connectivity index (χ0v) is 16.6. The predicted molar refractivity (Wildman–Crippen MR) is 103 cm³/mol. The Balaban J connectivity index is 2.22. The van der Waals surface area contributed by atoms with E-state index in [0.29, 0.717) is 43.7 Å². The molecule has 0 saturated carbocycles. The molecule has 1 aliphatic heterocycles. The minimum Gasteiger partial charge on any atom is -0.462 e. The van der Waals surface area contributed by atoms with E-state index in [1.807, 2.05) is 25.3 Å². The van der Waals surface area contributed by atoms with E-state index in [-0.39, 0.29) is 23.7 Å². The predicted octanol–water partition coefficient (Wildman–Crippen LogP) is 2.04. The molecular formula is C20H29N3O4. The van der Waals surface area contributed by atoms with E-state index < -0.39 is 0 Å². The van der Waals surface area contributed by atoms with Gasteiger partial charge in [0.2, 0.25) is 11.8 Å². The summed E-state index contributed by atoms with van der Waals surface area (Å²) in [4.78, 5) is 37.9. The highest BCUT2D eigenvalue weighted by molar-refractivity contribution is 5.99. The summed E-state index contributed by atoms with van der Waals surface area (Å²) in [5.41, 5.74) is 8.32. The van der Waals surface area contributed by atoms with Crippen LogP contribution in [0.15, 0.2) is 6.08 Å². The molecule has 1 saturated heterocycles. The van der Waals surface area contributed by atoms with Crippen LogP contribution in [0, 0.1) is 19.8 Å². The summed E-state index contributed by atoms with van der Waals surface area (Å²) < 4.78 is 7.23. The zero-order chi connectivity index (χ0) is 20.1. The number of primary amides is 1. The van der Waals surface area contributed by atoms with Crippen LogP contribution < -0.4 is 5.73 Å². The molecular weight excluding hydrogens is 346 g/mol. The molecule has 1 aromatic heterocycles. The molecule has 1 aromatic rings. The number of amides is 2. The van der Waals surface area contributed by atoms with Crippen LogP contribution in [0.5, 0.6) is 0 Å². The van der Waals surface area contributed by atoms with Gasteiger partial charge in [0, 0.05) is 48.6 Å². The second-order valence-corrected chi connectivity index (χ2v) is 6.76. The van der Waals surface area contributed by atoms with Gasteiger partial charge in [0.1, 0.15) is 0 Å². The molecule has 0 spiro atoms. The Morgan fingerprint density at radius 1 is 1.15 bits per heavy atom. The monoisotopic (exact) mass is 375 g/mol. The number of piperidine rings is 1. The van der Waals surface area contributed by atoms with E-state index in [1.54, 1.807) is 17.9 Å². The number of ether oxygens (including phenoxy) is 1. The molecule has 2 rings (SSSR count). The Bertz CT molecular complexity index is 756. The van der Waals surface area contributed by atoms with Gasteiger partial charge in [-0.2, -0.15) is 0 Å². The van der Waals surface area contributed by atoms with Gasteiger partial charge < -0.3 is 19.9 Å². The third-order valence-electron chi connectivity index (χ3n) is 5.23. The van der Waals surface area contributed by atoms with Gasteiger partial charge in [0.05, 0.1) is 12.2 Å². The zero-order valence-electron chi connectivity index (χ0n) is 16.6. The maximum Gasteiger partial charge on any atom is 0.340 e. The molecule has 7 nitrogen and oxygen atoms in total. The summed E-state index contributed by atoms with van der Waals surface area (Å²) >= 11 is 0. The SMILES string of the molecule is CCOC(=O)c1c(/C=C/C(=O)N2CCC(C(N)=O)CC2)c(C)n(CC)c1C. The van der Waals surface area contributed by atoms with E-state index in [9.17, 15) is 14.4 Å². The minimum absolute atomic E-state index is 0.131. The number of rotatable bonds is 6. The van der Waals surface area contributed by atoms with Crippen LogP contribution in [0.1, 0.15) is 54.0 Å². The minimum atomic E-state index is -0.375. The number of nitrogens with zero attached hydrogens (tertiary/aromatic N) is 2. The van der Waals surface area contributed by atoms with Crippen LogP contribution in [0.25, 0.3) is 6.08 Å². The summed E-state index contributed by atoms with van der Waals surface area (Å²) in [7, 11) is 0. The molecule has 0 unspecified atom stereocenters. The van der Waals surface area contributed by atoms with Gasteiger partial charge in [-0.15, -0.1) is 0 Å². The molecule has 7 heteroatoms. The average molecular weight is 375 g/mol. The summed E-state index contributed by atoms with van der Waals surface area (Å²) in [6.07, 6.45) is 4.37. The number of carbonyl (C=O) groups is 3. The number of hydrogen-bond donors (Lipinski definition) is 1. The van der Waals surface area contributed by atoms with Crippen LogP contribution in [0.4, 0.5) is 0 Å². The van der Waals surface area contributed by atoms with Crippen molar-refractivity contribution < 1.29 is 19.1 Å². The summed E-state index contributed by atoms with van der Waals surface area (Å²) in [6.45, 7) is 9.64. The topological polar surface area (TPSA) is 94.6 Å². The third-order valence-corrected chi connectivity index (χ3v) is 5.23. The first-order chi connectivity index (χ1) is 12.8. The average Bonchev–Trinajstić information content (AvgIpc) is 2.89. The van der Waals surface area contributed by atoms with Gasteiger partial charge in [-0.05, 0) is 46.6 Å². The Labute approximate surface area is 160 Å². The third kappa shape index (κ3) is 4.40. The molecule has 1 fully saturated rings. The van der Waals surface area contributed by atoms with Crippen molar-refractivity contribution >= 4 is 23.9 Å². The maximum absolute atomic E-state index is 12.5. The van der Waals surface area contributed by atoms with Gasteiger partial charge in [-0.1, -0.05) is 0 Å². The molecule has 2 amide bonds. The summed E-state index contributed by atoms with van der Waals surface area (Å²) in [6, 6.07) is 0. The lowest BCUT2D eigenvalue weighted by atomic mass is 9.96. The lowest BCUT2D eigenvalue weighted by molar-refractivity contribution is -0.130. The van der Waals surface area contributed by atoms with Crippen molar-refractivity contribution in [2.75, 3.05) is 19.7 Å². The molecule has 0 aromatic carbocycles. The smallest absolute Gasteiger partial charge is 0.340 e. The number of aromatic nitrogens is 1. The fourth-order valence-electron chi connectivity index (χ4n) is 3.69. The number of nitrogens with two attached hydrogens (primary N) is 1. The molecule has 0 atom stereocenters. The van der Waals surface area contributed by atoms with Crippen LogP contribution in [-0.2, 0) is 20.9 Å². The fourth-order valence-corrected chi connectivity index (χ4v) is 3.69. The molecule has 27 heavy (non-hydrogen) atoms. The number of hydrogen-bond acceptors (Lipinski definition) is 4. The molecule has 0 bridgehead atoms. The van der Waals surface area contributed by atoms with Crippen molar-refractivity contribution in [2.24, 2.45) is 11.7 Å². The standard InChI is InChI=1S/C20H29N3O4/c1-5-23-13(3)16(18(14(23)4)20(26)27-6-2)7-8-17(24)22-11-9-15(10-12-22)19(21)25/h7-8,15H,5-6,9-12H2,1-4H3,(H2,21,25)/b8-7+. The highest BCUT2D eigenvalue weighted by atomic mass is 16.5. The van der Waals surface area contributed by atoms with E-state index in [2.05, 4.69) is 0 Å². The summed E-state index contributed by atoms with van der Waals surface area (Å²) in [5, 5.41) is 0. The Hall–Kier alpha value is -2.57.